The van der Waals surface area contributed by atoms with Crippen LogP contribution in [0.25, 0.3) is 11.3 Å². The van der Waals surface area contributed by atoms with Crippen LogP contribution in [0.15, 0.2) is 22.7 Å². The Balaban J connectivity index is 2.46. The zero-order chi connectivity index (χ0) is 16.8. The lowest BCUT2D eigenvalue weighted by Crippen LogP contribution is -2.06. The number of halogens is 1. The number of ether oxygens (including phenoxy) is 1. The molecule has 0 radical (unpaired) electrons. The van der Waals surface area contributed by atoms with Crippen LogP contribution in [0.1, 0.15) is 31.7 Å². The number of anilines is 2. The van der Waals surface area contributed by atoms with Gasteiger partial charge >= 0.3 is 0 Å². The van der Waals surface area contributed by atoms with E-state index in [0.29, 0.717) is 23.6 Å². The lowest BCUT2D eigenvalue weighted by atomic mass is 10.1. The molecule has 0 aliphatic rings. The molecule has 0 spiro atoms. The minimum Gasteiger partial charge on any atom is -0.493 e. The molecule has 0 atom stereocenters. The molecule has 23 heavy (non-hydrogen) atoms. The van der Waals surface area contributed by atoms with Crippen LogP contribution >= 0.6 is 15.9 Å². The minimum absolute atomic E-state index is 0.0217. The summed E-state index contributed by atoms with van der Waals surface area (Å²) < 4.78 is 6.70. The average molecular weight is 376 g/mol. The molecule has 4 N–H and O–H groups in total. The molecule has 120 valence electrons. The molecule has 1 aromatic carbocycles. The van der Waals surface area contributed by atoms with Gasteiger partial charge in [0.15, 0.2) is 0 Å². The van der Waals surface area contributed by atoms with E-state index in [0.717, 1.165) is 23.7 Å². The van der Waals surface area contributed by atoms with Crippen LogP contribution in [0.3, 0.4) is 0 Å². The molecule has 0 saturated carbocycles. The quantitative estimate of drug-likeness (QED) is 0.747. The molecule has 0 bridgehead atoms. The number of nitrogens with two attached hydrogens (primary N) is 2. The molecule has 2 aromatic rings. The second-order valence-corrected chi connectivity index (χ2v) is 5.91. The van der Waals surface area contributed by atoms with Gasteiger partial charge in [-0.25, -0.2) is 4.98 Å². The van der Waals surface area contributed by atoms with Gasteiger partial charge in [-0.15, -0.1) is 0 Å². The Morgan fingerprint density at radius 2 is 2.04 bits per heavy atom. The SMILES string of the molecule is CCCCCOc1ccc(Br)cc1-c1nc(N)nc(N)c1C#N. The van der Waals surface area contributed by atoms with Gasteiger partial charge in [0.2, 0.25) is 5.95 Å². The number of benzene rings is 1. The third kappa shape index (κ3) is 4.11. The van der Waals surface area contributed by atoms with Crippen LogP contribution in [-0.2, 0) is 0 Å². The number of aromatic nitrogens is 2. The second kappa shape index (κ2) is 7.79. The van der Waals surface area contributed by atoms with Crippen molar-refractivity contribution in [3.63, 3.8) is 0 Å². The predicted molar refractivity (Wildman–Crippen MR) is 93.7 cm³/mol. The fourth-order valence-corrected chi connectivity index (χ4v) is 2.51. The minimum atomic E-state index is 0.0217. The Labute approximate surface area is 143 Å². The topological polar surface area (TPSA) is 111 Å². The summed E-state index contributed by atoms with van der Waals surface area (Å²) in [6.07, 6.45) is 3.18. The van der Waals surface area contributed by atoms with Gasteiger partial charge in [0, 0.05) is 10.0 Å². The summed E-state index contributed by atoms with van der Waals surface area (Å²) in [7, 11) is 0. The number of unbranched alkanes of at least 4 members (excludes halogenated alkanes) is 2. The van der Waals surface area contributed by atoms with E-state index >= 15 is 0 Å². The van der Waals surface area contributed by atoms with Gasteiger partial charge in [-0.1, -0.05) is 35.7 Å². The summed E-state index contributed by atoms with van der Waals surface area (Å²) in [6, 6.07) is 7.57. The zero-order valence-corrected chi connectivity index (χ0v) is 14.4. The molecule has 7 heteroatoms. The molecule has 2 rings (SSSR count). The normalized spacial score (nSPS) is 10.3. The van der Waals surface area contributed by atoms with Crippen molar-refractivity contribution in [2.24, 2.45) is 0 Å². The molecule has 0 aliphatic heterocycles. The lowest BCUT2D eigenvalue weighted by Gasteiger charge is -2.13. The molecule has 0 saturated heterocycles. The van der Waals surface area contributed by atoms with Gasteiger partial charge in [0.25, 0.3) is 0 Å². The average Bonchev–Trinajstić information content (AvgIpc) is 2.52. The van der Waals surface area contributed by atoms with Crippen molar-refractivity contribution in [1.29, 1.82) is 5.26 Å². The number of nitriles is 1. The third-order valence-corrected chi connectivity index (χ3v) is 3.76. The number of rotatable bonds is 6. The maximum Gasteiger partial charge on any atom is 0.222 e. The van der Waals surface area contributed by atoms with E-state index in [1.165, 1.54) is 0 Å². The monoisotopic (exact) mass is 375 g/mol. The van der Waals surface area contributed by atoms with E-state index < -0.39 is 0 Å². The van der Waals surface area contributed by atoms with Crippen LogP contribution in [0.4, 0.5) is 11.8 Å². The van der Waals surface area contributed by atoms with Crippen LogP contribution < -0.4 is 16.2 Å². The van der Waals surface area contributed by atoms with Crippen LogP contribution in [-0.4, -0.2) is 16.6 Å². The summed E-state index contributed by atoms with van der Waals surface area (Å²) in [5.74, 6) is 0.721. The smallest absolute Gasteiger partial charge is 0.222 e. The van der Waals surface area contributed by atoms with Crippen molar-refractivity contribution in [1.82, 2.24) is 9.97 Å². The van der Waals surface area contributed by atoms with Crippen molar-refractivity contribution in [2.45, 2.75) is 26.2 Å². The lowest BCUT2D eigenvalue weighted by molar-refractivity contribution is 0.307. The van der Waals surface area contributed by atoms with Crippen LogP contribution in [0.5, 0.6) is 5.75 Å². The van der Waals surface area contributed by atoms with Gasteiger partial charge in [0.1, 0.15) is 23.2 Å². The van der Waals surface area contributed by atoms with E-state index in [1.807, 2.05) is 24.3 Å². The zero-order valence-electron chi connectivity index (χ0n) is 12.8. The molecule has 6 nitrogen and oxygen atoms in total. The highest BCUT2D eigenvalue weighted by Gasteiger charge is 2.17. The highest BCUT2D eigenvalue weighted by molar-refractivity contribution is 9.10. The highest BCUT2D eigenvalue weighted by Crippen LogP contribution is 2.35. The van der Waals surface area contributed by atoms with Crippen molar-refractivity contribution in [3.8, 4) is 23.1 Å². The van der Waals surface area contributed by atoms with E-state index in [4.69, 9.17) is 16.2 Å². The third-order valence-electron chi connectivity index (χ3n) is 3.27. The highest BCUT2D eigenvalue weighted by atomic mass is 79.9. The van der Waals surface area contributed by atoms with E-state index in [1.54, 1.807) is 0 Å². The number of nitrogen functional groups attached to an aromatic ring is 2. The molecule has 0 aliphatic carbocycles. The predicted octanol–water partition coefficient (Wildman–Crippen LogP) is 3.51. The van der Waals surface area contributed by atoms with Crippen molar-refractivity contribution in [2.75, 3.05) is 18.1 Å². The van der Waals surface area contributed by atoms with E-state index in [9.17, 15) is 5.26 Å². The van der Waals surface area contributed by atoms with E-state index in [-0.39, 0.29) is 17.3 Å². The van der Waals surface area contributed by atoms with Crippen molar-refractivity contribution >= 4 is 27.7 Å². The van der Waals surface area contributed by atoms with Crippen molar-refractivity contribution in [3.05, 3.63) is 28.2 Å². The Kier molecular flexibility index (Phi) is 5.77. The fraction of sp³-hybridized carbons (Fsp3) is 0.312. The Hall–Kier alpha value is -2.33. The summed E-state index contributed by atoms with van der Waals surface area (Å²) in [6.45, 7) is 2.73. The van der Waals surface area contributed by atoms with Gasteiger partial charge in [0.05, 0.1) is 12.3 Å². The Morgan fingerprint density at radius 1 is 1.26 bits per heavy atom. The second-order valence-electron chi connectivity index (χ2n) is 5.00. The summed E-state index contributed by atoms with van der Waals surface area (Å²) in [4.78, 5) is 8.02. The summed E-state index contributed by atoms with van der Waals surface area (Å²) in [5, 5.41) is 9.35. The Morgan fingerprint density at radius 3 is 2.74 bits per heavy atom. The first-order valence-electron chi connectivity index (χ1n) is 7.32. The van der Waals surface area contributed by atoms with E-state index in [2.05, 4.69) is 32.8 Å². The first-order chi connectivity index (χ1) is 11.1. The van der Waals surface area contributed by atoms with Crippen LogP contribution in [0, 0.1) is 11.3 Å². The largest absolute Gasteiger partial charge is 0.493 e. The molecule has 1 heterocycles. The van der Waals surface area contributed by atoms with Crippen molar-refractivity contribution < 1.29 is 4.74 Å². The Bertz CT molecular complexity index is 742. The maximum absolute atomic E-state index is 9.35. The van der Waals surface area contributed by atoms with Gasteiger partial charge in [-0.3, -0.25) is 0 Å². The molecule has 0 unspecified atom stereocenters. The molecule has 0 amide bonds. The molecular formula is C16H18BrN5O. The van der Waals surface area contributed by atoms with Gasteiger partial charge in [-0.2, -0.15) is 10.2 Å². The fourth-order valence-electron chi connectivity index (χ4n) is 2.15. The molecule has 0 fully saturated rings. The molecular weight excluding hydrogens is 358 g/mol. The van der Waals surface area contributed by atoms with Crippen LogP contribution in [0.2, 0.25) is 0 Å². The summed E-state index contributed by atoms with van der Waals surface area (Å²) >= 11 is 3.43. The van der Waals surface area contributed by atoms with Gasteiger partial charge in [-0.05, 0) is 24.6 Å². The molecule has 1 aromatic heterocycles. The summed E-state index contributed by atoms with van der Waals surface area (Å²) in [5.41, 5.74) is 12.7. The maximum atomic E-state index is 9.35. The first kappa shape index (κ1) is 17.0. The number of hydrogen-bond acceptors (Lipinski definition) is 6. The first-order valence-corrected chi connectivity index (χ1v) is 8.12. The number of nitrogens with zero attached hydrogens (tertiary/aromatic N) is 3. The standard InChI is InChI=1S/C16H18BrN5O/c1-2-3-4-7-23-13-6-5-10(17)8-11(13)14-12(9-18)15(19)22-16(20)21-14/h5-6,8H,2-4,7H2,1H3,(H4,19,20,21,22). The number of hydrogen-bond donors (Lipinski definition) is 2. The van der Waals surface area contributed by atoms with Gasteiger partial charge < -0.3 is 16.2 Å².